The van der Waals surface area contributed by atoms with Crippen LogP contribution in [0.3, 0.4) is 0 Å². The Labute approximate surface area is 125 Å². The lowest BCUT2D eigenvalue weighted by atomic mass is 10.1. The molecule has 1 atom stereocenters. The number of anilines is 1. The zero-order chi connectivity index (χ0) is 15.0. The monoisotopic (exact) mass is 302 g/mol. The van der Waals surface area contributed by atoms with Crippen molar-refractivity contribution in [2.75, 3.05) is 4.90 Å². The Bertz CT molecular complexity index is 732. The number of carboxylic acids is 1. The van der Waals surface area contributed by atoms with Crippen LogP contribution in [-0.2, 0) is 11.2 Å². The smallest absolute Gasteiger partial charge is 0.327 e. The van der Waals surface area contributed by atoms with Crippen molar-refractivity contribution < 1.29 is 14.7 Å². The van der Waals surface area contributed by atoms with Gasteiger partial charge in [0.05, 0.1) is 0 Å². The number of aromatic nitrogens is 1. The van der Waals surface area contributed by atoms with Gasteiger partial charge >= 0.3 is 5.97 Å². The first-order valence-electron chi connectivity index (χ1n) is 6.34. The predicted octanol–water partition coefficient (Wildman–Crippen LogP) is 2.39. The van der Waals surface area contributed by atoms with Crippen LogP contribution in [0.1, 0.15) is 16.1 Å². The Morgan fingerprint density at radius 3 is 2.76 bits per heavy atom. The van der Waals surface area contributed by atoms with E-state index in [2.05, 4.69) is 4.98 Å². The number of carbonyl (C=O) groups is 2. The van der Waals surface area contributed by atoms with Gasteiger partial charge in [0.15, 0.2) is 0 Å². The van der Waals surface area contributed by atoms with E-state index in [9.17, 15) is 14.7 Å². The molecule has 0 bridgehead atoms. The van der Waals surface area contributed by atoms with Gasteiger partial charge in [0.25, 0.3) is 5.91 Å². The molecule has 1 aliphatic heterocycles. The van der Waals surface area contributed by atoms with Gasteiger partial charge in [-0.2, -0.15) is 0 Å². The average molecular weight is 303 g/mol. The van der Waals surface area contributed by atoms with E-state index >= 15 is 0 Å². The highest BCUT2D eigenvalue weighted by molar-refractivity contribution is 6.31. The number of hydrogen-bond acceptors (Lipinski definition) is 3. The maximum atomic E-state index is 12.6. The van der Waals surface area contributed by atoms with Crippen LogP contribution >= 0.6 is 11.6 Å². The molecule has 1 aromatic heterocycles. The van der Waals surface area contributed by atoms with E-state index in [0.717, 1.165) is 5.56 Å². The number of para-hydroxylation sites is 1. The Morgan fingerprint density at radius 1 is 1.29 bits per heavy atom. The molecule has 0 saturated carbocycles. The molecule has 0 saturated heterocycles. The van der Waals surface area contributed by atoms with Crippen molar-refractivity contribution in [2.45, 2.75) is 12.5 Å². The first-order chi connectivity index (χ1) is 10.1. The maximum absolute atomic E-state index is 12.6. The number of fused-ring (bicyclic) bond motifs is 1. The minimum absolute atomic E-state index is 0.130. The molecule has 2 aromatic rings. The van der Waals surface area contributed by atoms with Crippen LogP contribution in [0.15, 0.2) is 42.6 Å². The molecule has 6 heteroatoms. The van der Waals surface area contributed by atoms with Crippen molar-refractivity contribution in [1.29, 1.82) is 0 Å². The highest BCUT2D eigenvalue weighted by Crippen LogP contribution is 2.33. The van der Waals surface area contributed by atoms with Crippen molar-refractivity contribution in [1.82, 2.24) is 4.98 Å². The molecule has 1 amide bonds. The summed E-state index contributed by atoms with van der Waals surface area (Å²) in [7, 11) is 0. The number of carbonyl (C=O) groups excluding carboxylic acids is 1. The van der Waals surface area contributed by atoms with E-state index in [4.69, 9.17) is 11.6 Å². The van der Waals surface area contributed by atoms with Gasteiger partial charge in [-0.05, 0) is 23.8 Å². The Kier molecular flexibility index (Phi) is 3.35. The van der Waals surface area contributed by atoms with Crippen LogP contribution in [0.4, 0.5) is 5.69 Å². The second-order valence-corrected chi connectivity index (χ2v) is 5.16. The van der Waals surface area contributed by atoms with E-state index < -0.39 is 17.9 Å². The van der Waals surface area contributed by atoms with E-state index in [0.29, 0.717) is 10.7 Å². The van der Waals surface area contributed by atoms with Gasteiger partial charge in [-0.15, -0.1) is 0 Å². The molecule has 3 rings (SSSR count). The fourth-order valence-electron chi connectivity index (χ4n) is 2.48. The number of amides is 1. The third-order valence-electron chi connectivity index (χ3n) is 3.42. The molecule has 1 aliphatic rings. The summed E-state index contributed by atoms with van der Waals surface area (Å²) >= 11 is 5.87. The molecule has 0 fully saturated rings. The van der Waals surface area contributed by atoms with E-state index in [1.54, 1.807) is 18.2 Å². The summed E-state index contributed by atoms with van der Waals surface area (Å²) in [5.74, 6) is -1.50. The standard InChI is InChI=1S/C15H11ClN2O3/c16-10-5-6-17-11(8-10)14(19)18-12-4-2-1-3-9(12)7-13(18)15(20)21/h1-6,8,13H,7H2,(H,20,21). The number of nitrogens with zero attached hydrogens (tertiary/aromatic N) is 2. The van der Waals surface area contributed by atoms with Crippen molar-refractivity contribution in [2.24, 2.45) is 0 Å². The summed E-state index contributed by atoms with van der Waals surface area (Å²) in [5.41, 5.74) is 1.57. The Hall–Kier alpha value is -2.40. The first-order valence-corrected chi connectivity index (χ1v) is 6.71. The zero-order valence-corrected chi connectivity index (χ0v) is 11.6. The summed E-state index contributed by atoms with van der Waals surface area (Å²) in [6, 6.07) is 9.23. The van der Waals surface area contributed by atoms with Crippen LogP contribution in [-0.4, -0.2) is 28.0 Å². The fourth-order valence-corrected chi connectivity index (χ4v) is 2.64. The van der Waals surface area contributed by atoms with Crippen LogP contribution in [0.2, 0.25) is 5.02 Å². The lowest BCUT2D eigenvalue weighted by Gasteiger charge is -2.22. The van der Waals surface area contributed by atoms with E-state index in [-0.39, 0.29) is 12.1 Å². The molecule has 1 N–H and O–H groups in total. The van der Waals surface area contributed by atoms with E-state index in [1.807, 2.05) is 12.1 Å². The van der Waals surface area contributed by atoms with Crippen LogP contribution in [0.5, 0.6) is 0 Å². The summed E-state index contributed by atoms with van der Waals surface area (Å²) in [5, 5.41) is 9.75. The molecule has 2 heterocycles. The molecule has 0 aliphatic carbocycles. The van der Waals surface area contributed by atoms with Crippen LogP contribution in [0, 0.1) is 0 Å². The Balaban J connectivity index is 2.05. The van der Waals surface area contributed by atoms with Crippen LogP contribution < -0.4 is 4.90 Å². The lowest BCUT2D eigenvalue weighted by Crippen LogP contribution is -2.43. The molecular weight excluding hydrogens is 292 g/mol. The van der Waals surface area contributed by atoms with Gasteiger partial charge in [-0.25, -0.2) is 4.79 Å². The summed E-state index contributed by atoms with van der Waals surface area (Å²) in [4.78, 5) is 29.3. The van der Waals surface area contributed by atoms with Gasteiger partial charge in [0.1, 0.15) is 11.7 Å². The molecule has 5 nitrogen and oxygen atoms in total. The third-order valence-corrected chi connectivity index (χ3v) is 3.66. The van der Waals surface area contributed by atoms with E-state index in [1.165, 1.54) is 17.2 Å². The topological polar surface area (TPSA) is 70.5 Å². The molecule has 0 spiro atoms. The Morgan fingerprint density at radius 2 is 2.05 bits per heavy atom. The normalized spacial score (nSPS) is 16.6. The number of hydrogen-bond donors (Lipinski definition) is 1. The molecule has 106 valence electrons. The van der Waals surface area contributed by atoms with Crippen molar-refractivity contribution in [3.8, 4) is 0 Å². The number of pyridine rings is 1. The minimum Gasteiger partial charge on any atom is -0.480 e. The van der Waals surface area contributed by atoms with Gasteiger partial charge < -0.3 is 5.11 Å². The fraction of sp³-hybridized carbons (Fsp3) is 0.133. The average Bonchev–Trinajstić information content (AvgIpc) is 2.86. The SMILES string of the molecule is O=C(O)C1Cc2ccccc2N1C(=O)c1cc(Cl)ccn1. The largest absolute Gasteiger partial charge is 0.480 e. The summed E-state index contributed by atoms with van der Waals surface area (Å²) in [6.45, 7) is 0. The predicted molar refractivity (Wildman–Crippen MR) is 77.6 cm³/mol. The number of rotatable bonds is 2. The number of carboxylic acid groups (broad SMARTS) is 1. The highest BCUT2D eigenvalue weighted by Gasteiger charge is 2.39. The summed E-state index contributed by atoms with van der Waals surface area (Å²) in [6.07, 6.45) is 1.71. The molecule has 1 aromatic carbocycles. The number of aliphatic carboxylic acids is 1. The minimum atomic E-state index is -1.04. The van der Waals surface area contributed by atoms with Gasteiger partial charge in [-0.1, -0.05) is 29.8 Å². The second-order valence-electron chi connectivity index (χ2n) is 4.72. The van der Waals surface area contributed by atoms with Crippen molar-refractivity contribution >= 4 is 29.2 Å². The number of benzene rings is 1. The molecule has 1 unspecified atom stereocenters. The maximum Gasteiger partial charge on any atom is 0.327 e. The zero-order valence-electron chi connectivity index (χ0n) is 10.9. The second kappa shape index (κ2) is 5.18. The first kappa shape index (κ1) is 13.6. The number of halogens is 1. The third kappa shape index (κ3) is 2.36. The quantitative estimate of drug-likeness (QED) is 0.924. The van der Waals surface area contributed by atoms with Crippen molar-refractivity contribution in [3.05, 3.63) is 58.9 Å². The van der Waals surface area contributed by atoms with Crippen molar-refractivity contribution in [3.63, 3.8) is 0 Å². The molecule has 21 heavy (non-hydrogen) atoms. The van der Waals surface area contributed by atoms with Gasteiger partial charge in [0, 0.05) is 23.3 Å². The highest BCUT2D eigenvalue weighted by atomic mass is 35.5. The van der Waals surface area contributed by atoms with Gasteiger partial charge in [0.2, 0.25) is 0 Å². The van der Waals surface area contributed by atoms with Crippen LogP contribution in [0.25, 0.3) is 0 Å². The molecular formula is C15H11ClN2O3. The van der Waals surface area contributed by atoms with Gasteiger partial charge in [-0.3, -0.25) is 14.7 Å². The summed E-state index contributed by atoms with van der Waals surface area (Å²) < 4.78 is 0. The molecule has 0 radical (unpaired) electrons. The lowest BCUT2D eigenvalue weighted by molar-refractivity contribution is -0.138.